The highest BCUT2D eigenvalue weighted by Crippen LogP contribution is 2.33. The summed E-state index contributed by atoms with van der Waals surface area (Å²) in [4.78, 5) is 16.8. The molecule has 2 aliphatic rings. The quantitative estimate of drug-likeness (QED) is 0.754. The summed E-state index contributed by atoms with van der Waals surface area (Å²) in [7, 11) is 2.17. The van der Waals surface area contributed by atoms with E-state index >= 15 is 0 Å². The predicted octanol–water partition coefficient (Wildman–Crippen LogP) is 0.00840. The standard InChI is InChI=1S/C14H28N4O/c1-11(2)16-14(13(15)19)5-4-12(10-14)18-8-6-17(3)7-9-18/h11-12,16H,4-10H2,1-3H3,(H2,15,19). The fourth-order valence-corrected chi connectivity index (χ4v) is 3.50. The Kier molecular flexibility index (Phi) is 4.48. The Morgan fingerprint density at radius 3 is 2.47 bits per heavy atom. The van der Waals surface area contributed by atoms with Gasteiger partial charge in [0.15, 0.2) is 0 Å². The van der Waals surface area contributed by atoms with Crippen molar-refractivity contribution in [1.82, 2.24) is 15.1 Å². The molecule has 2 unspecified atom stereocenters. The smallest absolute Gasteiger partial charge is 0.237 e. The average Bonchev–Trinajstić information content (AvgIpc) is 2.74. The van der Waals surface area contributed by atoms with Crippen molar-refractivity contribution in [1.29, 1.82) is 0 Å². The van der Waals surface area contributed by atoms with Gasteiger partial charge in [-0.2, -0.15) is 0 Å². The number of nitrogens with two attached hydrogens (primary N) is 1. The van der Waals surface area contributed by atoms with Crippen LogP contribution in [0.3, 0.4) is 0 Å². The van der Waals surface area contributed by atoms with Crippen LogP contribution in [0.2, 0.25) is 0 Å². The fraction of sp³-hybridized carbons (Fsp3) is 0.929. The Morgan fingerprint density at radius 1 is 1.32 bits per heavy atom. The van der Waals surface area contributed by atoms with E-state index < -0.39 is 5.54 Å². The summed E-state index contributed by atoms with van der Waals surface area (Å²) in [6, 6.07) is 0.797. The maximum atomic E-state index is 11.9. The molecule has 1 aliphatic heterocycles. The van der Waals surface area contributed by atoms with Gasteiger partial charge in [-0.15, -0.1) is 0 Å². The number of nitrogens with one attached hydrogen (secondary N) is 1. The second-order valence-corrected chi connectivity index (χ2v) is 6.48. The van der Waals surface area contributed by atoms with Crippen LogP contribution in [0, 0.1) is 0 Å². The van der Waals surface area contributed by atoms with E-state index in [2.05, 4.69) is 36.0 Å². The molecule has 2 fully saturated rings. The van der Waals surface area contributed by atoms with Gasteiger partial charge in [-0.25, -0.2) is 0 Å². The van der Waals surface area contributed by atoms with Crippen molar-refractivity contribution in [2.24, 2.45) is 5.73 Å². The molecular weight excluding hydrogens is 240 g/mol. The number of nitrogens with zero attached hydrogens (tertiary/aromatic N) is 2. The average molecular weight is 268 g/mol. The second kappa shape index (κ2) is 5.77. The molecule has 0 radical (unpaired) electrons. The molecule has 1 saturated heterocycles. The summed E-state index contributed by atoms with van der Waals surface area (Å²) in [5, 5.41) is 3.42. The molecule has 19 heavy (non-hydrogen) atoms. The third-order valence-corrected chi connectivity index (χ3v) is 4.58. The van der Waals surface area contributed by atoms with Gasteiger partial charge in [0.05, 0.1) is 5.54 Å². The highest BCUT2D eigenvalue weighted by atomic mass is 16.1. The predicted molar refractivity (Wildman–Crippen MR) is 76.9 cm³/mol. The topological polar surface area (TPSA) is 61.6 Å². The SMILES string of the molecule is CC(C)NC1(C(N)=O)CCC(N2CCN(C)CC2)C1. The molecule has 1 aliphatic carbocycles. The third-order valence-electron chi connectivity index (χ3n) is 4.58. The van der Waals surface area contributed by atoms with Gasteiger partial charge in [-0.1, -0.05) is 0 Å². The van der Waals surface area contributed by atoms with Crippen LogP contribution in [0.4, 0.5) is 0 Å². The van der Waals surface area contributed by atoms with Gasteiger partial charge in [0.2, 0.25) is 5.91 Å². The highest BCUT2D eigenvalue weighted by Gasteiger charge is 2.45. The zero-order valence-corrected chi connectivity index (χ0v) is 12.5. The van der Waals surface area contributed by atoms with Crippen LogP contribution in [0.5, 0.6) is 0 Å². The van der Waals surface area contributed by atoms with E-state index in [0.717, 1.165) is 45.4 Å². The lowest BCUT2D eigenvalue weighted by atomic mass is 9.95. The number of hydrogen-bond acceptors (Lipinski definition) is 4. The summed E-state index contributed by atoms with van der Waals surface area (Å²) in [6.45, 7) is 8.62. The first-order valence-corrected chi connectivity index (χ1v) is 7.43. The second-order valence-electron chi connectivity index (χ2n) is 6.48. The monoisotopic (exact) mass is 268 g/mol. The molecule has 2 atom stereocenters. The van der Waals surface area contributed by atoms with E-state index in [4.69, 9.17) is 5.73 Å². The van der Waals surface area contributed by atoms with Gasteiger partial charge in [0.25, 0.3) is 0 Å². The lowest BCUT2D eigenvalue weighted by Crippen LogP contribution is -2.57. The first-order valence-electron chi connectivity index (χ1n) is 7.43. The first kappa shape index (κ1) is 14.8. The van der Waals surface area contributed by atoms with Crippen LogP contribution < -0.4 is 11.1 Å². The van der Waals surface area contributed by atoms with Crippen molar-refractivity contribution >= 4 is 5.91 Å². The van der Waals surface area contributed by atoms with Gasteiger partial charge >= 0.3 is 0 Å². The Hall–Kier alpha value is -0.650. The molecule has 5 nitrogen and oxygen atoms in total. The number of primary amides is 1. The molecule has 2 rings (SSSR count). The Balaban J connectivity index is 1.98. The van der Waals surface area contributed by atoms with Crippen molar-refractivity contribution < 1.29 is 4.79 Å². The molecule has 0 aromatic rings. The maximum Gasteiger partial charge on any atom is 0.237 e. The minimum Gasteiger partial charge on any atom is -0.368 e. The van der Waals surface area contributed by atoms with E-state index in [1.54, 1.807) is 0 Å². The number of hydrogen-bond donors (Lipinski definition) is 2. The minimum absolute atomic E-state index is 0.183. The summed E-state index contributed by atoms with van der Waals surface area (Å²) in [5.41, 5.74) is 5.18. The van der Waals surface area contributed by atoms with Crippen LogP contribution >= 0.6 is 0 Å². The largest absolute Gasteiger partial charge is 0.368 e. The van der Waals surface area contributed by atoms with E-state index in [1.807, 2.05) is 0 Å². The number of piperazine rings is 1. The summed E-state index contributed by atoms with van der Waals surface area (Å²) in [6.07, 6.45) is 2.81. The molecule has 5 heteroatoms. The van der Waals surface area contributed by atoms with Gasteiger partial charge in [0.1, 0.15) is 0 Å². The van der Waals surface area contributed by atoms with Gasteiger partial charge in [0, 0.05) is 38.3 Å². The zero-order chi connectivity index (χ0) is 14.0. The van der Waals surface area contributed by atoms with Crippen molar-refractivity contribution in [2.45, 2.75) is 50.7 Å². The number of carbonyl (C=O) groups is 1. The van der Waals surface area contributed by atoms with Gasteiger partial charge in [-0.05, 0) is 40.2 Å². The van der Waals surface area contributed by atoms with Crippen molar-refractivity contribution in [3.63, 3.8) is 0 Å². The molecule has 0 spiro atoms. The Bertz CT molecular complexity index is 325. The molecule has 1 saturated carbocycles. The van der Waals surface area contributed by atoms with Crippen molar-refractivity contribution in [3.05, 3.63) is 0 Å². The van der Waals surface area contributed by atoms with E-state index in [1.165, 1.54) is 0 Å². The molecule has 1 amide bonds. The first-order chi connectivity index (χ1) is 8.93. The molecule has 0 aromatic carbocycles. The molecular formula is C14H28N4O. The Labute approximate surface area is 116 Å². The molecule has 3 N–H and O–H groups in total. The molecule has 1 heterocycles. The third kappa shape index (κ3) is 3.27. The van der Waals surface area contributed by atoms with Crippen LogP contribution in [-0.4, -0.2) is 66.6 Å². The van der Waals surface area contributed by atoms with Gasteiger partial charge < -0.3 is 16.0 Å². The maximum absolute atomic E-state index is 11.9. The number of rotatable bonds is 4. The number of amides is 1. The van der Waals surface area contributed by atoms with Crippen molar-refractivity contribution in [3.8, 4) is 0 Å². The normalized spacial score (nSPS) is 34.0. The molecule has 0 aromatic heterocycles. The van der Waals surface area contributed by atoms with Crippen molar-refractivity contribution in [2.75, 3.05) is 33.2 Å². The fourth-order valence-electron chi connectivity index (χ4n) is 3.50. The lowest BCUT2D eigenvalue weighted by Gasteiger charge is -2.37. The number of carbonyl (C=O) groups excluding carboxylic acids is 1. The van der Waals surface area contributed by atoms with Gasteiger partial charge in [-0.3, -0.25) is 9.69 Å². The Morgan fingerprint density at radius 2 is 1.95 bits per heavy atom. The van der Waals surface area contributed by atoms with Crippen LogP contribution in [0.15, 0.2) is 0 Å². The van der Waals surface area contributed by atoms with Crippen LogP contribution in [-0.2, 0) is 4.79 Å². The number of likely N-dealkylation sites (N-methyl/N-ethyl adjacent to an activating group) is 1. The summed E-state index contributed by atoms with van der Waals surface area (Å²) >= 11 is 0. The zero-order valence-electron chi connectivity index (χ0n) is 12.5. The van der Waals surface area contributed by atoms with Crippen LogP contribution in [0.25, 0.3) is 0 Å². The lowest BCUT2D eigenvalue weighted by molar-refractivity contribution is -0.124. The minimum atomic E-state index is -0.484. The van der Waals surface area contributed by atoms with E-state index in [-0.39, 0.29) is 5.91 Å². The molecule has 0 bridgehead atoms. The summed E-state index contributed by atoms with van der Waals surface area (Å²) in [5.74, 6) is -0.183. The molecule has 110 valence electrons. The summed E-state index contributed by atoms with van der Waals surface area (Å²) < 4.78 is 0. The van der Waals surface area contributed by atoms with E-state index in [9.17, 15) is 4.79 Å². The van der Waals surface area contributed by atoms with Crippen LogP contribution in [0.1, 0.15) is 33.1 Å². The highest BCUT2D eigenvalue weighted by molar-refractivity contribution is 5.85. The van der Waals surface area contributed by atoms with E-state index in [0.29, 0.717) is 12.1 Å².